The van der Waals surface area contributed by atoms with Crippen molar-refractivity contribution in [2.45, 2.75) is 26.2 Å². The molecular weight excluding hydrogens is 388 g/mol. The minimum absolute atomic E-state index is 0.0698. The van der Waals surface area contributed by atoms with Crippen molar-refractivity contribution in [1.29, 1.82) is 0 Å². The maximum absolute atomic E-state index is 13.0. The summed E-state index contributed by atoms with van der Waals surface area (Å²) < 4.78 is 0. The number of anilines is 2. The molecule has 2 aromatic carbocycles. The SMILES string of the molecule is CCc1ccccc1NC(=O)C[NH+]1CC[NH+](CC(=O)N2CCCc3ccccc32)CC1. The molecule has 164 valence electrons. The highest BCUT2D eigenvalue weighted by Crippen LogP contribution is 2.26. The van der Waals surface area contributed by atoms with Crippen LogP contribution in [0.4, 0.5) is 11.4 Å². The molecule has 0 aliphatic carbocycles. The van der Waals surface area contributed by atoms with Gasteiger partial charge in [0.1, 0.15) is 26.2 Å². The number of carbonyl (C=O) groups is 2. The van der Waals surface area contributed by atoms with Crippen molar-refractivity contribution in [2.75, 3.05) is 56.0 Å². The Labute approximate surface area is 184 Å². The summed E-state index contributed by atoms with van der Waals surface area (Å²) in [6.07, 6.45) is 2.99. The first-order valence-electron chi connectivity index (χ1n) is 11.6. The van der Waals surface area contributed by atoms with Crippen LogP contribution in [0.1, 0.15) is 24.5 Å². The summed E-state index contributed by atoms with van der Waals surface area (Å²) in [5, 5.41) is 3.08. The summed E-state index contributed by atoms with van der Waals surface area (Å²) >= 11 is 0. The fraction of sp³-hybridized carbons (Fsp3) is 0.440. The second-order valence-electron chi connectivity index (χ2n) is 8.69. The molecule has 1 saturated heterocycles. The van der Waals surface area contributed by atoms with Crippen LogP contribution in [0.25, 0.3) is 0 Å². The molecule has 0 atom stereocenters. The van der Waals surface area contributed by atoms with Gasteiger partial charge >= 0.3 is 0 Å². The third kappa shape index (κ3) is 5.32. The third-order valence-corrected chi connectivity index (χ3v) is 6.56. The molecule has 6 nitrogen and oxygen atoms in total. The number of hydrogen-bond acceptors (Lipinski definition) is 2. The molecule has 0 aromatic heterocycles. The summed E-state index contributed by atoms with van der Waals surface area (Å²) in [4.78, 5) is 30.1. The number of fused-ring (bicyclic) bond motifs is 1. The number of aryl methyl sites for hydroxylation is 2. The van der Waals surface area contributed by atoms with Gasteiger partial charge < -0.3 is 20.0 Å². The summed E-state index contributed by atoms with van der Waals surface area (Å²) in [5.74, 6) is 0.292. The topological polar surface area (TPSA) is 58.3 Å². The molecule has 2 heterocycles. The number of carbonyl (C=O) groups excluding carboxylic acids is 2. The number of rotatable bonds is 6. The van der Waals surface area contributed by atoms with Crippen molar-refractivity contribution >= 4 is 23.2 Å². The molecule has 1 fully saturated rings. The van der Waals surface area contributed by atoms with E-state index in [2.05, 4.69) is 36.5 Å². The van der Waals surface area contributed by atoms with E-state index in [1.165, 1.54) is 15.4 Å². The fourth-order valence-corrected chi connectivity index (χ4v) is 4.78. The predicted octanol–water partition coefficient (Wildman–Crippen LogP) is -0.0497. The van der Waals surface area contributed by atoms with Crippen molar-refractivity contribution in [2.24, 2.45) is 0 Å². The van der Waals surface area contributed by atoms with Gasteiger partial charge in [-0.1, -0.05) is 43.3 Å². The highest BCUT2D eigenvalue weighted by Gasteiger charge is 2.30. The monoisotopic (exact) mass is 422 g/mol. The van der Waals surface area contributed by atoms with E-state index >= 15 is 0 Å². The standard InChI is InChI=1S/C25H32N4O2/c1-2-20-8-3-5-11-22(20)26-24(30)18-27-14-16-28(17-15-27)19-25(31)29-13-7-10-21-9-4-6-12-23(21)29/h3-6,8-9,11-12H,2,7,10,13-19H2,1H3,(H,26,30)/p+2. The second kappa shape index (κ2) is 10.1. The molecule has 4 rings (SSSR count). The molecule has 2 aromatic rings. The Bertz CT molecular complexity index is 921. The minimum Gasteiger partial charge on any atom is -0.321 e. The minimum atomic E-state index is 0.0698. The largest absolute Gasteiger partial charge is 0.321 e. The van der Waals surface area contributed by atoms with Crippen molar-refractivity contribution < 1.29 is 19.4 Å². The van der Waals surface area contributed by atoms with Gasteiger partial charge in [-0.2, -0.15) is 0 Å². The Morgan fingerprint density at radius 1 is 0.935 bits per heavy atom. The maximum atomic E-state index is 13.0. The highest BCUT2D eigenvalue weighted by atomic mass is 16.2. The van der Waals surface area contributed by atoms with Crippen molar-refractivity contribution in [3.8, 4) is 0 Å². The smallest absolute Gasteiger partial charge is 0.282 e. The van der Waals surface area contributed by atoms with E-state index in [9.17, 15) is 9.59 Å². The Kier molecular flexibility index (Phi) is 6.99. The van der Waals surface area contributed by atoms with Gasteiger partial charge in [0.2, 0.25) is 0 Å². The number of piperazine rings is 1. The molecule has 6 heteroatoms. The Morgan fingerprint density at radius 2 is 1.61 bits per heavy atom. The zero-order chi connectivity index (χ0) is 21.6. The normalized spacial score (nSPS) is 20.7. The van der Waals surface area contributed by atoms with E-state index in [0.29, 0.717) is 13.1 Å². The van der Waals surface area contributed by atoms with E-state index < -0.39 is 0 Å². The molecule has 2 amide bonds. The number of hydrogen-bond donors (Lipinski definition) is 3. The lowest BCUT2D eigenvalue weighted by molar-refractivity contribution is -1.00. The van der Waals surface area contributed by atoms with Crippen LogP contribution in [0.2, 0.25) is 0 Å². The van der Waals surface area contributed by atoms with Crippen LogP contribution < -0.4 is 20.0 Å². The molecule has 3 N–H and O–H groups in total. The lowest BCUT2D eigenvalue weighted by Crippen LogP contribution is -3.28. The molecule has 0 bridgehead atoms. The molecule has 0 spiro atoms. The number of nitrogens with one attached hydrogen (secondary N) is 3. The lowest BCUT2D eigenvalue weighted by Gasteiger charge is -2.33. The van der Waals surface area contributed by atoms with Crippen molar-refractivity contribution in [3.05, 3.63) is 59.7 Å². The lowest BCUT2D eigenvalue weighted by atomic mass is 10.0. The molecule has 2 aliphatic rings. The first kappa shape index (κ1) is 21.5. The highest BCUT2D eigenvalue weighted by molar-refractivity contribution is 5.95. The molecule has 0 unspecified atom stereocenters. The molecule has 2 aliphatic heterocycles. The molecule has 0 saturated carbocycles. The Morgan fingerprint density at radius 3 is 2.39 bits per heavy atom. The van der Waals surface area contributed by atoms with Crippen LogP contribution in [-0.2, 0) is 22.4 Å². The zero-order valence-corrected chi connectivity index (χ0v) is 18.5. The quantitative estimate of drug-likeness (QED) is 0.612. The van der Waals surface area contributed by atoms with Crippen LogP contribution in [-0.4, -0.2) is 57.6 Å². The van der Waals surface area contributed by atoms with Crippen molar-refractivity contribution in [3.63, 3.8) is 0 Å². The summed E-state index contributed by atoms with van der Waals surface area (Å²) in [7, 11) is 0. The van der Waals surface area contributed by atoms with Crippen LogP contribution in [0.3, 0.4) is 0 Å². The van der Waals surface area contributed by atoms with Crippen LogP contribution in [0.5, 0.6) is 0 Å². The van der Waals surface area contributed by atoms with Gasteiger partial charge in [0.25, 0.3) is 11.8 Å². The number of amides is 2. The van der Waals surface area contributed by atoms with E-state index in [0.717, 1.165) is 68.9 Å². The number of quaternary nitrogens is 2. The Hall–Kier alpha value is -2.70. The molecule has 31 heavy (non-hydrogen) atoms. The van der Waals surface area contributed by atoms with Crippen molar-refractivity contribution in [1.82, 2.24) is 0 Å². The van der Waals surface area contributed by atoms with Crippen LogP contribution in [0.15, 0.2) is 48.5 Å². The Balaban J connectivity index is 1.25. The van der Waals surface area contributed by atoms with Gasteiger partial charge in [-0.05, 0) is 42.5 Å². The van der Waals surface area contributed by atoms with Crippen LogP contribution >= 0.6 is 0 Å². The van der Waals surface area contributed by atoms with E-state index in [4.69, 9.17) is 0 Å². The van der Waals surface area contributed by atoms with E-state index in [1.54, 1.807) is 0 Å². The maximum Gasteiger partial charge on any atom is 0.282 e. The average Bonchev–Trinajstić information content (AvgIpc) is 2.80. The fourth-order valence-electron chi connectivity index (χ4n) is 4.78. The number of para-hydroxylation sites is 2. The van der Waals surface area contributed by atoms with Gasteiger partial charge in [-0.3, -0.25) is 9.59 Å². The predicted molar refractivity (Wildman–Crippen MR) is 123 cm³/mol. The summed E-state index contributed by atoms with van der Waals surface area (Å²) in [6, 6.07) is 16.3. The van der Waals surface area contributed by atoms with Crippen LogP contribution in [0, 0.1) is 0 Å². The second-order valence-corrected chi connectivity index (χ2v) is 8.69. The van der Waals surface area contributed by atoms with Gasteiger partial charge in [0.15, 0.2) is 13.1 Å². The third-order valence-electron chi connectivity index (χ3n) is 6.56. The van der Waals surface area contributed by atoms with E-state index in [-0.39, 0.29) is 11.8 Å². The average molecular weight is 423 g/mol. The molecule has 0 radical (unpaired) electrons. The van der Waals surface area contributed by atoms with Gasteiger partial charge in [0.05, 0.1) is 0 Å². The first-order valence-corrected chi connectivity index (χ1v) is 11.6. The number of benzene rings is 2. The number of nitrogens with zero attached hydrogens (tertiary/aromatic N) is 1. The summed E-state index contributed by atoms with van der Waals surface area (Å²) in [5.41, 5.74) is 4.46. The van der Waals surface area contributed by atoms with E-state index in [1.807, 2.05) is 29.2 Å². The summed E-state index contributed by atoms with van der Waals surface area (Å²) in [6.45, 7) is 7.63. The molecular formula is C25H34N4O2+2. The first-order chi connectivity index (χ1) is 15.1. The van der Waals surface area contributed by atoms with Gasteiger partial charge in [0, 0.05) is 17.9 Å². The van der Waals surface area contributed by atoms with Gasteiger partial charge in [-0.15, -0.1) is 0 Å². The van der Waals surface area contributed by atoms with Gasteiger partial charge in [-0.25, -0.2) is 0 Å². The zero-order valence-electron chi connectivity index (χ0n) is 18.5.